The molecule has 10 rings (SSSR count). The van der Waals surface area contributed by atoms with Crippen molar-refractivity contribution < 1.29 is 85.9 Å². The third-order valence-corrected chi connectivity index (χ3v) is 54.1. The zero-order valence-corrected chi connectivity index (χ0v) is 101. The molecule has 0 radical (unpaired) electrons. The predicted octanol–water partition coefficient (Wildman–Crippen LogP) is 32.8. The van der Waals surface area contributed by atoms with Gasteiger partial charge in [-0.25, -0.2) is 14.4 Å². The summed E-state index contributed by atoms with van der Waals surface area (Å²) in [5.74, 6) is 4.49. The fourth-order valence-corrected chi connectivity index (χ4v) is 28.6. The van der Waals surface area contributed by atoms with Gasteiger partial charge in [0.15, 0.2) is 33.3 Å². The Balaban J connectivity index is 0.000000669. The second-order valence-electron chi connectivity index (χ2n) is 49.3. The fourth-order valence-electron chi connectivity index (χ4n) is 23.1. The molecule has 9 aliphatic carbocycles. The van der Waals surface area contributed by atoms with Crippen molar-refractivity contribution in [2.24, 2.45) is 69.5 Å². The molecule has 0 aromatic carbocycles. The van der Waals surface area contributed by atoms with Crippen LogP contribution in [-0.2, 0) is 70.6 Å². The van der Waals surface area contributed by atoms with Gasteiger partial charge in [-0.2, -0.15) is 0 Å². The minimum absolute atomic E-state index is 0. The Morgan fingerprint density at radius 2 is 0.872 bits per heavy atom. The summed E-state index contributed by atoms with van der Waals surface area (Å²) < 4.78 is 42.7. The molecule has 10 aliphatic rings. The normalized spacial score (nSPS) is 30.5. The predicted molar refractivity (Wildman–Crippen MR) is 609 cm³/mol. The topological polar surface area (TPSA) is 194 Å². The third kappa shape index (κ3) is 35.9. The molecule has 798 valence electrons. The maximum absolute atomic E-state index is 11.7. The number of esters is 3. The summed E-state index contributed by atoms with van der Waals surface area (Å²) in [5, 5.41) is 31.7. The standard InChI is InChI=1S/C42H72O5Si2.C37H64O3Si2.C29H40O4.C5H7BrO2.C5H10.3CH4.Zn/c1-29(18-16-20-34(43)26-30(2)39(44)45-11)36-23-24-37-32(19-17-25-42(36,37)10)21-22-33-27-35(46-48(12,13)40(4,5)6)28-38(31(33)3)47-49(14,15)41(7,8)9;1-27(17-14-15-24-38)32-21-22-33-29(18-16-23-37(32,33)9)19-20-30-25-31(39-41(10,11)35(3,4)5)26-34(28(30)2)40-42(12,13)36(6,7)8;1-18(7-5-9-24-15-19(2)28(32)33-24)25-12-13-26-21(8-6-14-29(25,26)4)10-11-22-16-23(30)17-27(31)20(22)3;1-4(3-6)5(7)8-2;1-3-5-4-2;;;;/h16,20-22,29,34-38,43H,2-3,17-19,23-28H2,1,4-15H3;14-15,19-20,24,27,31-34H,2,16-18,21-23,25-26H2,1,3-13H3;5,9-11,18,23-27,30-31H,2-3,6-8,12-17H2,1,4H3;1,3H2,2H3;3,5H,4H2,1-2H3;3*1H4;/b20-16+,32-21+,33-22-;15-14+,29-19+,30-20-;9-5+,21-10+,22-11-;;;;;;/t29-,34?,35-,36-,37+,38+,42-;27-,31-,32-,33+,34+,37-;18-,23-,24?,25-,26+,27+,29-;;;;;;/m111....../s1. The molecule has 14 nitrogen and oxygen atoms in total. The van der Waals surface area contributed by atoms with Crippen LogP contribution in [0.2, 0.25) is 72.5 Å². The van der Waals surface area contributed by atoms with Crippen LogP contribution >= 0.6 is 15.9 Å². The molecule has 0 aromatic rings. The molecule has 141 heavy (non-hydrogen) atoms. The van der Waals surface area contributed by atoms with Gasteiger partial charge >= 0.3 is 17.9 Å². The SMILES string of the molecule is C.C.C.C=C(CBr)C(=O)OC.C=C(CC(O)/C=C/C[C@@H](C)[C@H]1CC[C@H]2/C(=C/C=C3/C[C@@H](O[Si](C)(C)C(C)(C)C)C[C@H](O[Si](C)(C)C(C)(C)C)C3=C)CCC[C@]12C)C(=O)OC.C=C1/C(=C\C=C2/CCC[C@]3(C)[C@@H]([C@H](C)C/C=C/C=O)CC[C@@H]23)C[C@@H](O[Si](C)(C)C(C)(C)C)C[C@@H]1O[Si](C)(C)C(C)(C)C.C=C1CC(/C=C/C[C@@H](C)[C@H]2CC[C@H]3/C(=C/C=C4/C[C@@H](O)C[C@H](O)C4=C)CCC[C@]23C)OC1=O.CC=CCC.[Zn]. The first-order chi connectivity index (χ1) is 63.5. The maximum Gasteiger partial charge on any atom is 0.334 e. The minimum Gasteiger partial charge on any atom is -0.466 e. The number of rotatable bonds is 29. The first-order valence-electron chi connectivity index (χ1n) is 52.5. The number of allylic oxidation sites excluding steroid dienone is 15. The Morgan fingerprint density at radius 1 is 0.518 bits per heavy atom. The summed E-state index contributed by atoms with van der Waals surface area (Å²) >= 11 is 3.06. The van der Waals surface area contributed by atoms with E-state index in [1.54, 1.807) is 17.2 Å². The van der Waals surface area contributed by atoms with Crippen LogP contribution < -0.4 is 0 Å². The van der Waals surface area contributed by atoms with Crippen molar-refractivity contribution in [2.75, 3.05) is 19.5 Å². The largest absolute Gasteiger partial charge is 0.466 e. The Morgan fingerprint density at radius 3 is 1.19 bits per heavy atom. The van der Waals surface area contributed by atoms with E-state index in [1.165, 1.54) is 126 Å². The minimum atomic E-state index is -2.01. The first kappa shape index (κ1) is 133. The number of hydrogen-bond acceptors (Lipinski definition) is 14. The van der Waals surface area contributed by atoms with E-state index in [1.807, 2.05) is 19.1 Å². The van der Waals surface area contributed by atoms with Gasteiger partial charge in [0.1, 0.15) is 12.4 Å². The number of halogens is 1. The van der Waals surface area contributed by atoms with E-state index in [0.29, 0.717) is 105 Å². The van der Waals surface area contributed by atoms with E-state index in [0.717, 1.165) is 80.8 Å². The number of carbonyl (C=O) groups excluding carboxylic acids is 4. The molecular formula is C121H205BrO14Si4Zn. The van der Waals surface area contributed by atoms with Gasteiger partial charge in [-0.1, -0.05) is 299 Å². The van der Waals surface area contributed by atoms with Gasteiger partial charge in [-0.3, -0.25) is 4.79 Å². The van der Waals surface area contributed by atoms with E-state index >= 15 is 0 Å². The molecule has 20 atom stereocenters. The number of methoxy groups -OCH3 is 2. The van der Waals surface area contributed by atoms with Gasteiger partial charge in [0.2, 0.25) is 0 Å². The summed E-state index contributed by atoms with van der Waals surface area (Å²) in [6, 6.07) is 0. The van der Waals surface area contributed by atoms with Crippen molar-refractivity contribution in [1.82, 2.24) is 0 Å². The smallest absolute Gasteiger partial charge is 0.334 e. The summed E-state index contributed by atoms with van der Waals surface area (Å²) in [5.41, 5.74) is 13.7. The molecule has 1 saturated heterocycles. The Labute approximate surface area is 888 Å². The number of carbonyl (C=O) groups is 4. The zero-order valence-electron chi connectivity index (χ0n) is 92.4. The molecule has 0 aromatic heterocycles. The van der Waals surface area contributed by atoms with Gasteiger partial charge < -0.3 is 47.2 Å². The number of aldehydes is 1. The molecule has 0 bridgehead atoms. The van der Waals surface area contributed by atoms with Crippen LogP contribution in [0.15, 0.2) is 191 Å². The Bertz CT molecular complexity index is 4430. The average molecular weight is 2140 g/mol. The molecule has 0 spiro atoms. The van der Waals surface area contributed by atoms with Crippen molar-refractivity contribution in [3.8, 4) is 0 Å². The molecule has 20 heteroatoms. The van der Waals surface area contributed by atoms with E-state index in [-0.39, 0.29) is 116 Å². The van der Waals surface area contributed by atoms with Crippen LogP contribution in [0.1, 0.15) is 334 Å². The quantitative estimate of drug-likeness (QED) is 0.0122. The van der Waals surface area contributed by atoms with E-state index in [9.17, 15) is 34.5 Å². The molecule has 1 heterocycles. The van der Waals surface area contributed by atoms with Crippen molar-refractivity contribution in [3.05, 3.63) is 191 Å². The molecule has 2 unspecified atom stereocenters. The van der Waals surface area contributed by atoms with Gasteiger partial charge in [0, 0.05) is 73.6 Å². The number of aliphatic hydroxyl groups is 3. The van der Waals surface area contributed by atoms with Gasteiger partial charge in [-0.05, 0) is 336 Å². The second-order valence-corrected chi connectivity index (χ2v) is 68.9. The summed E-state index contributed by atoms with van der Waals surface area (Å²) in [6.45, 7) is 90.0. The van der Waals surface area contributed by atoms with Crippen molar-refractivity contribution in [1.29, 1.82) is 0 Å². The molecular weight excluding hydrogens is 1930 g/mol. The molecule has 3 N–H and O–H groups in total. The summed E-state index contributed by atoms with van der Waals surface area (Å²) in [4.78, 5) is 44.4. The van der Waals surface area contributed by atoms with Gasteiger partial charge in [0.05, 0.1) is 56.9 Å². The van der Waals surface area contributed by atoms with Gasteiger partial charge in [-0.15, -0.1) is 0 Å². The number of hydrogen-bond donors (Lipinski definition) is 3. The third-order valence-electron chi connectivity index (χ3n) is 35.4. The van der Waals surface area contributed by atoms with Crippen LogP contribution in [0.4, 0.5) is 0 Å². The summed E-state index contributed by atoms with van der Waals surface area (Å²) in [6.07, 6.45) is 57.6. The second kappa shape index (κ2) is 57.0. The molecule has 10 fully saturated rings. The van der Waals surface area contributed by atoms with E-state index < -0.39 is 57.6 Å². The van der Waals surface area contributed by atoms with Crippen LogP contribution in [0.5, 0.6) is 0 Å². The van der Waals surface area contributed by atoms with E-state index in [4.69, 9.17) is 27.2 Å². The van der Waals surface area contributed by atoms with E-state index in [2.05, 4.69) is 311 Å². The number of aliphatic hydroxyl groups excluding tert-OH is 3. The molecule has 1 aliphatic heterocycles. The van der Waals surface area contributed by atoms with Crippen molar-refractivity contribution >= 4 is 73.4 Å². The first-order valence-corrected chi connectivity index (χ1v) is 65.3. The molecule has 0 amide bonds. The average Bonchev–Trinajstić information content (AvgIpc) is 1.60. The van der Waals surface area contributed by atoms with Gasteiger partial charge in [0.25, 0.3) is 0 Å². The number of fused-ring (bicyclic) bond motifs is 3. The van der Waals surface area contributed by atoms with Crippen molar-refractivity contribution in [3.63, 3.8) is 0 Å². The number of ether oxygens (including phenoxy) is 3. The Kier molecular flexibility index (Phi) is 53.6. The number of cyclic esters (lactones) is 1. The van der Waals surface area contributed by atoms with Crippen LogP contribution in [0.25, 0.3) is 0 Å². The summed E-state index contributed by atoms with van der Waals surface area (Å²) in [7, 11) is -5.20. The van der Waals surface area contributed by atoms with Crippen LogP contribution in [0.3, 0.4) is 0 Å². The fraction of sp³-hybridized carbons (Fsp3) is 0.702. The maximum atomic E-state index is 11.7. The van der Waals surface area contributed by atoms with Crippen LogP contribution in [-0.4, -0.2) is 141 Å². The monoisotopic (exact) mass is 2140 g/mol. The number of alkyl halides is 1. The van der Waals surface area contributed by atoms with Crippen molar-refractivity contribution in [2.45, 2.75) is 455 Å². The molecule has 9 saturated carbocycles. The Hall–Kier alpha value is -4.39. The zero-order chi connectivity index (χ0) is 103. The van der Waals surface area contributed by atoms with Crippen LogP contribution in [0, 0.1) is 69.5 Å².